The maximum absolute atomic E-state index is 11.8. The number of hydroxylamine groups is 2. The van der Waals surface area contributed by atoms with Gasteiger partial charge in [-0.2, -0.15) is 0 Å². The molecule has 0 unspecified atom stereocenters. The summed E-state index contributed by atoms with van der Waals surface area (Å²) in [7, 11) is 0. The Balaban J connectivity index is 2.68. The topological polar surface area (TPSA) is 78.9 Å². The number of hydrogen-bond donors (Lipinski definition) is 2. The van der Waals surface area contributed by atoms with Gasteiger partial charge in [-0.1, -0.05) is 30.3 Å². The third-order valence-electron chi connectivity index (χ3n) is 2.57. The lowest BCUT2D eigenvalue weighted by molar-refractivity contribution is -0.151. The second kappa shape index (κ2) is 7.64. The van der Waals surface area contributed by atoms with E-state index in [1.807, 2.05) is 30.3 Å². The molecule has 0 aliphatic rings. The molecule has 0 heterocycles. The zero-order valence-electron chi connectivity index (χ0n) is 12.6. The minimum atomic E-state index is -0.606. The van der Waals surface area contributed by atoms with E-state index in [0.29, 0.717) is 17.9 Å². The number of ether oxygens (including phenoxy) is 1. The zero-order valence-corrected chi connectivity index (χ0v) is 12.6. The third-order valence-corrected chi connectivity index (χ3v) is 2.57. The van der Waals surface area contributed by atoms with Gasteiger partial charge in [-0.05, 0) is 32.8 Å². The standard InChI is InChI=1S/C15H22N2O4/c1-15(2,3)21-14(19)16-13(10-17(20)11-18)9-12-7-5-4-6-8-12/h4-8,11,13,20H,9-10H2,1-3H3,(H,16,19)/t13-/m0/s1. The quantitative estimate of drug-likeness (QED) is 0.477. The van der Waals surface area contributed by atoms with Crippen LogP contribution in [0.3, 0.4) is 0 Å². The molecule has 0 bridgehead atoms. The van der Waals surface area contributed by atoms with Crippen LogP contribution in [-0.2, 0) is 16.0 Å². The molecule has 2 N–H and O–H groups in total. The number of alkyl carbamates (subject to hydrolysis) is 1. The Morgan fingerprint density at radius 2 is 2.00 bits per heavy atom. The molecule has 0 aromatic heterocycles. The van der Waals surface area contributed by atoms with Crippen molar-refractivity contribution in [1.29, 1.82) is 0 Å². The van der Waals surface area contributed by atoms with Gasteiger partial charge >= 0.3 is 6.09 Å². The maximum atomic E-state index is 11.8. The zero-order chi connectivity index (χ0) is 15.9. The summed E-state index contributed by atoms with van der Waals surface area (Å²) in [4.78, 5) is 22.3. The maximum Gasteiger partial charge on any atom is 0.407 e. The van der Waals surface area contributed by atoms with Crippen molar-refractivity contribution in [2.45, 2.75) is 38.8 Å². The van der Waals surface area contributed by atoms with Gasteiger partial charge in [0.05, 0.1) is 12.6 Å². The highest BCUT2D eigenvalue weighted by Crippen LogP contribution is 2.08. The van der Waals surface area contributed by atoms with E-state index in [1.165, 1.54) is 0 Å². The molecule has 1 atom stereocenters. The van der Waals surface area contributed by atoms with Crippen molar-refractivity contribution < 1.29 is 19.5 Å². The fraction of sp³-hybridized carbons (Fsp3) is 0.467. The van der Waals surface area contributed by atoms with E-state index in [4.69, 9.17) is 4.74 Å². The number of benzene rings is 1. The van der Waals surface area contributed by atoms with Gasteiger partial charge in [0.2, 0.25) is 6.41 Å². The van der Waals surface area contributed by atoms with Gasteiger partial charge in [0.15, 0.2) is 0 Å². The Morgan fingerprint density at radius 1 is 1.38 bits per heavy atom. The molecule has 1 rings (SSSR count). The summed E-state index contributed by atoms with van der Waals surface area (Å²) in [6, 6.07) is 9.03. The first-order chi connectivity index (χ1) is 9.80. The minimum absolute atomic E-state index is 0.0162. The number of hydrogen-bond acceptors (Lipinski definition) is 4. The van der Waals surface area contributed by atoms with Gasteiger partial charge in [-0.25, -0.2) is 9.86 Å². The molecule has 0 saturated carbocycles. The van der Waals surface area contributed by atoms with Crippen molar-refractivity contribution >= 4 is 12.5 Å². The Hall–Kier alpha value is -2.08. The van der Waals surface area contributed by atoms with Gasteiger partial charge < -0.3 is 10.1 Å². The molecular formula is C15H22N2O4. The molecular weight excluding hydrogens is 272 g/mol. The second-order valence-corrected chi connectivity index (χ2v) is 5.76. The smallest absolute Gasteiger partial charge is 0.407 e. The van der Waals surface area contributed by atoms with Crippen LogP contribution in [0.2, 0.25) is 0 Å². The Kier molecular flexibility index (Phi) is 6.17. The molecule has 0 aliphatic heterocycles. The van der Waals surface area contributed by atoms with E-state index < -0.39 is 17.7 Å². The van der Waals surface area contributed by atoms with Crippen molar-refractivity contribution in [3.8, 4) is 0 Å². The predicted octanol–water partition coefficient (Wildman–Crippen LogP) is 1.97. The van der Waals surface area contributed by atoms with Crippen LogP contribution in [0.15, 0.2) is 30.3 Å². The number of amides is 2. The first-order valence-corrected chi connectivity index (χ1v) is 6.74. The van der Waals surface area contributed by atoms with Crippen LogP contribution in [0.4, 0.5) is 4.79 Å². The summed E-state index contributed by atoms with van der Waals surface area (Å²) in [6.07, 6.45) is 0.197. The molecule has 1 aromatic carbocycles. The molecule has 2 amide bonds. The van der Waals surface area contributed by atoms with Gasteiger partial charge in [0.25, 0.3) is 0 Å². The lowest BCUT2D eigenvalue weighted by Crippen LogP contribution is -2.45. The summed E-state index contributed by atoms with van der Waals surface area (Å²) in [5.74, 6) is 0. The molecule has 21 heavy (non-hydrogen) atoms. The number of carbonyl (C=O) groups is 2. The van der Waals surface area contributed by atoms with Crippen molar-refractivity contribution in [3.05, 3.63) is 35.9 Å². The van der Waals surface area contributed by atoms with Gasteiger partial charge in [-0.15, -0.1) is 0 Å². The van der Waals surface area contributed by atoms with E-state index in [2.05, 4.69) is 5.32 Å². The normalized spacial score (nSPS) is 12.4. The Labute approximate surface area is 124 Å². The van der Waals surface area contributed by atoms with Gasteiger partial charge in [-0.3, -0.25) is 10.0 Å². The average Bonchev–Trinajstić information content (AvgIpc) is 2.37. The largest absolute Gasteiger partial charge is 0.444 e. The molecule has 6 heteroatoms. The number of nitrogens with zero attached hydrogens (tertiary/aromatic N) is 1. The highest BCUT2D eigenvalue weighted by molar-refractivity contribution is 5.68. The monoisotopic (exact) mass is 294 g/mol. The molecule has 0 aliphatic carbocycles. The average molecular weight is 294 g/mol. The summed E-state index contributed by atoms with van der Waals surface area (Å²) in [5, 5.41) is 12.5. The van der Waals surface area contributed by atoms with Crippen molar-refractivity contribution in [3.63, 3.8) is 0 Å². The van der Waals surface area contributed by atoms with Crippen LogP contribution in [-0.4, -0.2) is 41.0 Å². The minimum Gasteiger partial charge on any atom is -0.444 e. The Morgan fingerprint density at radius 3 is 2.52 bits per heavy atom. The third kappa shape index (κ3) is 7.31. The van der Waals surface area contributed by atoms with Crippen LogP contribution in [0, 0.1) is 0 Å². The van der Waals surface area contributed by atoms with Crippen LogP contribution in [0.25, 0.3) is 0 Å². The summed E-state index contributed by atoms with van der Waals surface area (Å²) < 4.78 is 5.18. The fourth-order valence-corrected chi connectivity index (χ4v) is 1.80. The molecule has 0 saturated heterocycles. The summed E-state index contributed by atoms with van der Waals surface area (Å²) in [5.41, 5.74) is 0.378. The summed E-state index contributed by atoms with van der Waals surface area (Å²) >= 11 is 0. The van der Waals surface area contributed by atoms with Gasteiger partial charge in [0, 0.05) is 0 Å². The van der Waals surface area contributed by atoms with Crippen LogP contribution in [0.1, 0.15) is 26.3 Å². The second-order valence-electron chi connectivity index (χ2n) is 5.76. The first-order valence-electron chi connectivity index (χ1n) is 6.74. The number of rotatable bonds is 6. The molecule has 1 aromatic rings. The lowest BCUT2D eigenvalue weighted by Gasteiger charge is -2.25. The molecule has 0 radical (unpaired) electrons. The molecule has 116 valence electrons. The van der Waals surface area contributed by atoms with Crippen molar-refractivity contribution in [2.24, 2.45) is 0 Å². The number of nitrogens with one attached hydrogen (secondary N) is 1. The van der Waals surface area contributed by atoms with E-state index in [0.717, 1.165) is 5.56 Å². The highest BCUT2D eigenvalue weighted by Gasteiger charge is 2.21. The predicted molar refractivity (Wildman–Crippen MR) is 77.9 cm³/mol. The van der Waals surface area contributed by atoms with Crippen LogP contribution < -0.4 is 5.32 Å². The van der Waals surface area contributed by atoms with Crippen molar-refractivity contribution in [2.75, 3.05) is 6.54 Å². The van der Waals surface area contributed by atoms with E-state index in [-0.39, 0.29) is 6.54 Å². The SMILES string of the molecule is CC(C)(C)OC(=O)N[C@@H](Cc1ccccc1)CN(O)C=O. The lowest BCUT2D eigenvalue weighted by atomic mass is 10.1. The highest BCUT2D eigenvalue weighted by atomic mass is 16.6. The molecule has 6 nitrogen and oxygen atoms in total. The number of carbonyl (C=O) groups excluding carboxylic acids is 2. The first kappa shape index (κ1) is 17.0. The van der Waals surface area contributed by atoms with Gasteiger partial charge in [0.1, 0.15) is 5.60 Å². The van der Waals surface area contributed by atoms with Crippen LogP contribution in [0.5, 0.6) is 0 Å². The Bertz CT molecular complexity index is 456. The summed E-state index contributed by atoms with van der Waals surface area (Å²) in [6.45, 7) is 5.28. The van der Waals surface area contributed by atoms with Crippen molar-refractivity contribution in [1.82, 2.24) is 10.4 Å². The van der Waals surface area contributed by atoms with E-state index in [9.17, 15) is 14.8 Å². The van der Waals surface area contributed by atoms with E-state index >= 15 is 0 Å². The molecule has 0 fully saturated rings. The van der Waals surface area contributed by atoms with Crippen LogP contribution >= 0.6 is 0 Å². The van der Waals surface area contributed by atoms with E-state index in [1.54, 1.807) is 20.8 Å². The molecule has 0 spiro atoms. The fourth-order valence-electron chi connectivity index (χ4n) is 1.80.